The van der Waals surface area contributed by atoms with Crippen LogP contribution in [-0.2, 0) is 4.79 Å². The Morgan fingerprint density at radius 3 is 2.58 bits per heavy atom. The Kier molecular flexibility index (Phi) is 4.99. The lowest BCUT2D eigenvalue weighted by atomic mass is 9.98. The van der Waals surface area contributed by atoms with E-state index in [4.69, 9.17) is 4.74 Å². The minimum absolute atomic E-state index is 0.179. The number of nitrogens with zero attached hydrogens (tertiary/aromatic N) is 1. The number of benzene rings is 1. The van der Waals surface area contributed by atoms with Gasteiger partial charge in [-0.05, 0) is 51.1 Å². The SMILES string of the molecule is COc1ccc(Br)cc1C(C(C)=O)N1CCCCC1. The van der Waals surface area contributed by atoms with Gasteiger partial charge >= 0.3 is 0 Å². The molecule has 4 heteroatoms. The van der Waals surface area contributed by atoms with Crippen molar-refractivity contribution < 1.29 is 9.53 Å². The number of Topliss-reactive ketones (excluding diaryl/α,β-unsaturated/α-hetero) is 1. The van der Waals surface area contributed by atoms with Crippen molar-refractivity contribution >= 4 is 21.7 Å². The van der Waals surface area contributed by atoms with Gasteiger partial charge in [-0.1, -0.05) is 22.4 Å². The molecule has 104 valence electrons. The number of rotatable bonds is 4. The van der Waals surface area contributed by atoms with E-state index in [9.17, 15) is 4.79 Å². The van der Waals surface area contributed by atoms with Crippen molar-refractivity contribution in [2.24, 2.45) is 0 Å². The molecule has 0 aromatic heterocycles. The number of methoxy groups -OCH3 is 1. The first kappa shape index (κ1) is 14.5. The van der Waals surface area contributed by atoms with Crippen molar-refractivity contribution in [1.82, 2.24) is 4.90 Å². The predicted octanol–water partition coefficient (Wildman–Crippen LogP) is 3.57. The minimum Gasteiger partial charge on any atom is -0.496 e. The van der Waals surface area contributed by atoms with Gasteiger partial charge in [-0.15, -0.1) is 0 Å². The number of ether oxygens (including phenoxy) is 1. The number of likely N-dealkylation sites (tertiary alicyclic amines) is 1. The van der Waals surface area contributed by atoms with Crippen molar-refractivity contribution in [3.8, 4) is 5.75 Å². The van der Waals surface area contributed by atoms with Gasteiger partial charge in [-0.3, -0.25) is 9.69 Å². The molecule has 0 aliphatic carbocycles. The summed E-state index contributed by atoms with van der Waals surface area (Å²) in [6.45, 7) is 3.64. The maximum absolute atomic E-state index is 12.1. The van der Waals surface area contributed by atoms with Crippen LogP contribution >= 0.6 is 15.9 Å². The smallest absolute Gasteiger partial charge is 0.151 e. The zero-order valence-electron chi connectivity index (χ0n) is 11.5. The number of hydrogen-bond acceptors (Lipinski definition) is 3. The highest BCUT2D eigenvalue weighted by Gasteiger charge is 2.28. The maximum atomic E-state index is 12.1. The molecule has 0 bridgehead atoms. The number of carbonyl (C=O) groups is 1. The van der Waals surface area contributed by atoms with Crippen LogP contribution in [-0.4, -0.2) is 30.9 Å². The Morgan fingerprint density at radius 2 is 2.00 bits per heavy atom. The van der Waals surface area contributed by atoms with Gasteiger partial charge < -0.3 is 4.74 Å². The standard InChI is InChI=1S/C15H20BrNO2/c1-11(18)15(17-8-4-3-5-9-17)13-10-12(16)6-7-14(13)19-2/h6-7,10,15H,3-5,8-9H2,1-2H3. The van der Waals surface area contributed by atoms with E-state index in [1.807, 2.05) is 18.2 Å². The summed E-state index contributed by atoms with van der Waals surface area (Å²) in [7, 11) is 1.65. The normalized spacial score (nSPS) is 18.1. The monoisotopic (exact) mass is 325 g/mol. The van der Waals surface area contributed by atoms with Gasteiger partial charge in [0.1, 0.15) is 5.75 Å². The zero-order valence-corrected chi connectivity index (χ0v) is 13.1. The molecule has 1 aromatic carbocycles. The first-order valence-corrected chi connectivity index (χ1v) is 7.50. The Hall–Kier alpha value is -0.870. The third kappa shape index (κ3) is 3.37. The molecule has 1 fully saturated rings. The third-order valence-electron chi connectivity index (χ3n) is 3.63. The van der Waals surface area contributed by atoms with Crippen LogP contribution in [0.2, 0.25) is 0 Å². The van der Waals surface area contributed by atoms with Crippen LogP contribution in [0.5, 0.6) is 5.75 Å². The number of ketones is 1. The average Bonchev–Trinajstić information content (AvgIpc) is 2.40. The van der Waals surface area contributed by atoms with Crippen LogP contribution in [0.3, 0.4) is 0 Å². The van der Waals surface area contributed by atoms with E-state index in [1.165, 1.54) is 19.3 Å². The molecule has 1 unspecified atom stereocenters. The van der Waals surface area contributed by atoms with E-state index >= 15 is 0 Å². The van der Waals surface area contributed by atoms with Gasteiger partial charge in [0.25, 0.3) is 0 Å². The number of piperidine rings is 1. The molecule has 0 spiro atoms. The van der Waals surface area contributed by atoms with Crippen LogP contribution in [0.25, 0.3) is 0 Å². The summed E-state index contributed by atoms with van der Waals surface area (Å²) < 4.78 is 6.40. The average molecular weight is 326 g/mol. The van der Waals surface area contributed by atoms with Gasteiger partial charge in [0.2, 0.25) is 0 Å². The van der Waals surface area contributed by atoms with Gasteiger partial charge in [-0.25, -0.2) is 0 Å². The molecule has 1 saturated heterocycles. The minimum atomic E-state index is -0.187. The first-order chi connectivity index (χ1) is 9.13. The highest BCUT2D eigenvalue weighted by Crippen LogP contribution is 2.34. The molecule has 0 radical (unpaired) electrons. The molecule has 1 aromatic rings. The highest BCUT2D eigenvalue weighted by molar-refractivity contribution is 9.10. The second-order valence-corrected chi connectivity index (χ2v) is 5.91. The van der Waals surface area contributed by atoms with E-state index in [0.29, 0.717) is 0 Å². The summed E-state index contributed by atoms with van der Waals surface area (Å²) in [4.78, 5) is 14.4. The Morgan fingerprint density at radius 1 is 1.32 bits per heavy atom. The number of hydrogen-bond donors (Lipinski definition) is 0. The second-order valence-electron chi connectivity index (χ2n) is 5.00. The molecular weight excluding hydrogens is 306 g/mol. The second kappa shape index (κ2) is 6.53. The topological polar surface area (TPSA) is 29.5 Å². The van der Waals surface area contributed by atoms with Gasteiger partial charge in [0.05, 0.1) is 13.2 Å². The van der Waals surface area contributed by atoms with Crippen molar-refractivity contribution in [2.75, 3.05) is 20.2 Å². The molecule has 1 aliphatic rings. The highest BCUT2D eigenvalue weighted by atomic mass is 79.9. The summed E-state index contributed by atoms with van der Waals surface area (Å²) >= 11 is 3.48. The maximum Gasteiger partial charge on any atom is 0.151 e. The Labute approximate surface area is 123 Å². The summed E-state index contributed by atoms with van der Waals surface area (Å²) in [6, 6.07) is 5.67. The van der Waals surface area contributed by atoms with Crippen molar-refractivity contribution in [3.63, 3.8) is 0 Å². The lowest BCUT2D eigenvalue weighted by Crippen LogP contribution is -2.37. The van der Waals surface area contributed by atoms with Crippen LogP contribution in [0.15, 0.2) is 22.7 Å². The Balaban J connectivity index is 2.37. The molecule has 3 nitrogen and oxygen atoms in total. The Bertz CT molecular complexity index is 455. The van der Waals surface area contributed by atoms with Gasteiger partial charge in [0.15, 0.2) is 5.78 Å². The fourth-order valence-electron chi connectivity index (χ4n) is 2.77. The summed E-state index contributed by atoms with van der Waals surface area (Å²) in [5, 5.41) is 0. The van der Waals surface area contributed by atoms with E-state index in [1.54, 1.807) is 14.0 Å². The molecule has 0 amide bonds. The van der Waals surface area contributed by atoms with Crippen molar-refractivity contribution in [2.45, 2.75) is 32.2 Å². The molecule has 1 aliphatic heterocycles. The fraction of sp³-hybridized carbons (Fsp3) is 0.533. The zero-order chi connectivity index (χ0) is 13.8. The first-order valence-electron chi connectivity index (χ1n) is 6.71. The fourth-order valence-corrected chi connectivity index (χ4v) is 3.15. The van der Waals surface area contributed by atoms with Crippen LogP contribution in [0.4, 0.5) is 0 Å². The molecule has 0 saturated carbocycles. The van der Waals surface area contributed by atoms with Gasteiger partial charge in [0, 0.05) is 10.0 Å². The van der Waals surface area contributed by atoms with E-state index in [0.717, 1.165) is 28.9 Å². The third-order valence-corrected chi connectivity index (χ3v) is 4.12. The lowest BCUT2D eigenvalue weighted by Gasteiger charge is -2.34. The molecular formula is C15H20BrNO2. The van der Waals surface area contributed by atoms with Crippen molar-refractivity contribution in [1.29, 1.82) is 0 Å². The van der Waals surface area contributed by atoms with Gasteiger partial charge in [-0.2, -0.15) is 0 Å². The van der Waals surface area contributed by atoms with Crippen LogP contribution < -0.4 is 4.74 Å². The quantitative estimate of drug-likeness (QED) is 0.847. The van der Waals surface area contributed by atoms with E-state index in [2.05, 4.69) is 20.8 Å². The lowest BCUT2D eigenvalue weighted by molar-refractivity contribution is -0.122. The van der Waals surface area contributed by atoms with E-state index in [-0.39, 0.29) is 11.8 Å². The predicted molar refractivity (Wildman–Crippen MR) is 79.5 cm³/mol. The van der Waals surface area contributed by atoms with Crippen LogP contribution in [0, 0.1) is 0 Å². The largest absolute Gasteiger partial charge is 0.496 e. The summed E-state index contributed by atoms with van der Waals surface area (Å²) in [6.07, 6.45) is 3.59. The van der Waals surface area contributed by atoms with E-state index < -0.39 is 0 Å². The summed E-state index contributed by atoms with van der Waals surface area (Å²) in [5.41, 5.74) is 0.964. The molecule has 1 heterocycles. The van der Waals surface area contributed by atoms with Crippen LogP contribution in [0.1, 0.15) is 37.8 Å². The molecule has 0 N–H and O–H groups in total. The molecule has 2 rings (SSSR count). The molecule has 19 heavy (non-hydrogen) atoms. The summed E-state index contributed by atoms with van der Waals surface area (Å²) in [5.74, 6) is 0.965. The number of halogens is 1. The van der Waals surface area contributed by atoms with Crippen molar-refractivity contribution in [3.05, 3.63) is 28.2 Å². The number of carbonyl (C=O) groups excluding carboxylic acids is 1. The molecule has 1 atom stereocenters.